The van der Waals surface area contributed by atoms with Gasteiger partial charge in [-0.15, -0.1) is 0 Å². The minimum Gasteiger partial charge on any atom is -0.0530 e. The molecule has 0 nitrogen and oxygen atoms in total. The molecular weight excluding hydrogens is 180 g/mol. The molecule has 0 amide bonds. The van der Waals surface area contributed by atoms with Crippen molar-refractivity contribution in [1.82, 2.24) is 0 Å². The minimum absolute atomic E-state index is 1.15. The molecule has 0 saturated heterocycles. The van der Waals surface area contributed by atoms with E-state index in [2.05, 4.69) is 0 Å². The normalized spacial score (nSPS) is 38.4. The van der Waals surface area contributed by atoms with Crippen LogP contribution in [0.1, 0.15) is 70.6 Å². The van der Waals surface area contributed by atoms with Gasteiger partial charge >= 0.3 is 0 Å². The molecule has 86 valence electrons. The molecule has 0 aromatic rings. The molecule has 0 aromatic carbocycles. The van der Waals surface area contributed by atoms with Crippen molar-refractivity contribution in [2.45, 2.75) is 70.6 Å². The first-order valence-electron chi connectivity index (χ1n) is 7.43. The van der Waals surface area contributed by atoms with E-state index in [4.69, 9.17) is 0 Å². The van der Waals surface area contributed by atoms with E-state index in [1.165, 1.54) is 19.3 Å². The summed E-state index contributed by atoms with van der Waals surface area (Å²) in [5.74, 6) is 4.61. The highest BCUT2D eigenvalue weighted by molar-refractivity contribution is 4.87. The average Bonchev–Trinajstić information content (AvgIpc) is 2.81. The van der Waals surface area contributed by atoms with Gasteiger partial charge in [0.2, 0.25) is 0 Å². The highest BCUT2D eigenvalue weighted by Gasteiger charge is 2.36. The van der Waals surface area contributed by atoms with E-state index in [1.54, 1.807) is 51.4 Å². The van der Waals surface area contributed by atoms with Crippen molar-refractivity contribution in [3.63, 3.8) is 0 Å². The Kier molecular flexibility index (Phi) is 3.03. The van der Waals surface area contributed by atoms with Crippen molar-refractivity contribution in [3.8, 4) is 0 Å². The fourth-order valence-corrected chi connectivity index (χ4v) is 4.52. The second-order valence-electron chi connectivity index (χ2n) is 6.43. The Bertz CT molecular complexity index is 198. The molecular formula is C15H26. The van der Waals surface area contributed by atoms with E-state index < -0.39 is 0 Å². The van der Waals surface area contributed by atoms with E-state index >= 15 is 0 Å². The molecule has 0 bridgehead atoms. The van der Waals surface area contributed by atoms with Gasteiger partial charge in [0.25, 0.3) is 0 Å². The van der Waals surface area contributed by atoms with E-state index in [1.807, 2.05) is 0 Å². The van der Waals surface area contributed by atoms with Crippen molar-refractivity contribution in [2.75, 3.05) is 0 Å². The highest BCUT2D eigenvalue weighted by atomic mass is 14.4. The van der Waals surface area contributed by atoms with Crippen LogP contribution in [0.3, 0.4) is 0 Å². The smallest absolute Gasteiger partial charge is 0.0357 e. The van der Waals surface area contributed by atoms with Gasteiger partial charge in [-0.1, -0.05) is 57.8 Å². The van der Waals surface area contributed by atoms with E-state index in [-0.39, 0.29) is 0 Å². The summed E-state index contributed by atoms with van der Waals surface area (Å²) in [6.07, 6.45) is 17.2. The lowest BCUT2D eigenvalue weighted by Gasteiger charge is -2.32. The first-order valence-corrected chi connectivity index (χ1v) is 7.43. The van der Waals surface area contributed by atoms with Crippen LogP contribution in [0, 0.1) is 23.7 Å². The summed E-state index contributed by atoms with van der Waals surface area (Å²) in [6, 6.07) is 0. The number of rotatable bonds is 3. The van der Waals surface area contributed by atoms with Crippen molar-refractivity contribution in [2.24, 2.45) is 23.7 Å². The van der Waals surface area contributed by atoms with Crippen LogP contribution < -0.4 is 0 Å². The topological polar surface area (TPSA) is 0 Å². The molecule has 3 rings (SSSR count). The largest absolute Gasteiger partial charge is 0.0530 e. The fourth-order valence-electron chi connectivity index (χ4n) is 4.52. The van der Waals surface area contributed by atoms with Crippen molar-refractivity contribution < 1.29 is 0 Å². The molecule has 3 fully saturated rings. The molecule has 0 aliphatic heterocycles. The Morgan fingerprint density at radius 1 is 0.667 bits per heavy atom. The molecule has 0 aromatic heterocycles. The molecule has 3 aliphatic rings. The van der Waals surface area contributed by atoms with Gasteiger partial charge in [-0.25, -0.2) is 0 Å². The molecule has 0 N–H and O–H groups in total. The van der Waals surface area contributed by atoms with Crippen LogP contribution in [0.5, 0.6) is 0 Å². The van der Waals surface area contributed by atoms with Gasteiger partial charge in [-0.2, -0.15) is 0 Å². The molecule has 0 heterocycles. The first-order chi connectivity index (χ1) is 7.43. The van der Waals surface area contributed by atoms with E-state index in [0.717, 1.165) is 23.7 Å². The Hall–Kier alpha value is 0. The molecule has 3 aliphatic carbocycles. The summed E-state index contributed by atoms with van der Waals surface area (Å²) in [6.45, 7) is 0. The highest BCUT2D eigenvalue weighted by Crippen LogP contribution is 2.48. The summed E-state index contributed by atoms with van der Waals surface area (Å²) in [5.41, 5.74) is 0. The van der Waals surface area contributed by atoms with E-state index in [9.17, 15) is 0 Å². The molecule has 0 heteroatoms. The number of hydrogen-bond donors (Lipinski definition) is 0. The van der Waals surface area contributed by atoms with Gasteiger partial charge in [0.15, 0.2) is 0 Å². The zero-order valence-corrected chi connectivity index (χ0v) is 10.1. The second-order valence-corrected chi connectivity index (χ2v) is 6.43. The van der Waals surface area contributed by atoms with Gasteiger partial charge < -0.3 is 0 Å². The van der Waals surface area contributed by atoms with Crippen molar-refractivity contribution in [1.29, 1.82) is 0 Å². The van der Waals surface area contributed by atoms with Crippen LogP contribution in [0.15, 0.2) is 0 Å². The lowest BCUT2D eigenvalue weighted by atomic mass is 9.73. The maximum absolute atomic E-state index is 1.61. The molecule has 0 radical (unpaired) electrons. The van der Waals surface area contributed by atoms with Crippen LogP contribution >= 0.6 is 0 Å². The molecule has 0 spiro atoms. The number of hydrogen-bond acceptors (Lipinski definition) is 0. The SMILES string of the molecule is C1CC(CC2CCCC2C2CCCC2)C1. The Labute approximate surface area is 94.8 Å². The summed E-state index contributed by atoms with van der Waals surface area (Å²) >= 11 is 0. The zero-order valence-electron chi connectivity index (χ0n) is 10.1. The Morgan fingerprint density at radius 3 is 2.07 bits per heavy atom. The van der Waals surface area contributed by atoms with Crippen LogP contribution in [0.25, 0.3) is 0 Å². The first kappa shape index (κ1) is 10.2. The van der Waals surface area contributed by atoms with E-state index in [0.29, 0.717) is 0 Å². The molecule has 15 heavy (non-hydrogen) atoms. The predicted molar refractivity (Wildman–Crippen MR) is 64.7 cm³/mol. The van der Waals surface area contributed by atoms with Gasteiger partial charge in [0.1, 0.15) is 0 Å². The fraction of sp³-hybridized carbons (Fsp3) is 1.00. The third kappa shape index (κ3) is 2.10. The van der Waals surface area contributed by atoms with Gasteiger partial charge in [0, 0.05) is 0 Å². The third-order valence-corrected chi connectivity index (χ3v) is 5.58. The quantitative estimate of drug-likeness (QED) is 0.623. The molecule has 3 saturated carbocycles. The summed E-state index contributed by atoms with van der Waals surface area (Å²) in [7, 11) is 0. The summed E-state index contributed by atoms with van der Waals surface area (Å²) < 4.78 is 0. The second kappa shape index (κ2) is 4.47. The third-order valence-electron chi connectivity index (χ3n) is 5.58. The maximum atomic E-state index is 1.61. The average molecular weight is 206 g/mol. The van der Waals surface area contributed by atoms with Crippen molar-refractivity contribution in [3.05, 3.63) is 0 Å². The van der Waals surface area contributed by atoms with Gasteiger partial charge in [0.05, 0.1) is 0 Å². The molecule has 2 unspecified atom stereocenters. The lowest BCUT2D eigenvalue weighted by Crippen LogP contribution is -2.22. The Balaban J connectivity index is 1.55. The summed E-state index contributed by atoms with van der Waals surface area (Å²) in [4.78, 5) is 0. The predicted octanol–water partition coefficient (Wildman–Crippen LogP) is 4.78. The monoisotopic (exact) mass is 206 g/mol. The standard InChI is InChI=1S/C15H26/c1-2-8-13(7-1)15-10-4-9-14(15)11-12-5-3-6-12/h12-15H,1-11H2. The van der Waals surface area contributed by atoms with Crippen LogP contribution in [0.4, 0.5) is 0 Å². The summed E-state index contributed by atoms with van der Waals surface area (Å²) in [5, 5.41) is 0. The maximum Gasteiger partial charge on any atom is -0.0357 e. The van der Waals surface area contributed by atoms with Gasteiger partial charge in [-0.3, -0.25) is 0 Å². The zero-order chi connectivity index (χ0) is 10.1. The lowest BCUT2D eigenvalue weighted by molar-refractivity contribution is 0.184. The van der Waals surface area contributed by atoms with Crippen LogP contribution in [0.2, 0.25) is 0 Å². The van der Waals surface area contributed by atoms with Crippen LogP contribution in [-0.2, 0) is 0 Å². The Morgan fingerprint density at radius 2 is 1.40 bits per heavy atom. The molecule has 2 atom stereocenters. The van der Waals surface area contributed by atoms with Crippen molar-refractivity contribution >= 4 is 0 Å². The minimum atomic E-state index is 1.15. The van der Waals surface area contributed by atoms with Crippen LogP contribution in [-0.4, -0.2) is 0 Å². The van der Waals surface area contributed by atoms with Gasteiger partial charge in [-0.05, 0) is 36.5 Å².